The van der Waals surface area contributed by atoms with Gasteiger partial charge in [0.15, 0.2) is 0 Å². The Morgan fingerprint density at radius 3 is 2.40 bits per heavy atom. The molecule has 206 valence electrons. The van der Waals surface area contributed by atoms with Crippen LogP contribution in [0.1, 0.15) is 33.6 Å². The summed E-state index contributed by atoms with van der Waals surface area (Å²) in [5, 5.41) is 5.87. The number of nitrogens with zero attached hydrogens (tertiary/aromatic N) is 3. The van der Waals surface area contributed by atoms with Crippen LogP contribution in [-0.4, -0.2) is 91.1 Å². The van der Waals surface area contributed by atoms with Crippen molar-refractivity contribution in [2.75, 3.05) is 46.9 Å². The third-order valence-electron chi connectivity index (χ3n) is 7.35. The number of fused-ring (bicyclic) bond motifs is 2. The van der Waals surface area contributed by atoms with Gasteiger partial charge in [-0.15, -0.1) is 0 Å². The number of imide groups is 2. The molecular weight excluding hydrogens is 512 g/mol. The molecule has 0 saturated heterocycles. The Bertz CT molecular complexity index is 1560. The molecule has 0 unspecified atom stereocenters. The minimum Gasteiger partial charge on any atom is -0.496 e. The van der Waals surface area contributed by atoms with E-state index in [1.54, 1.807) is 19.2 Å². The number of nitrogens with one attached hydrogen (secondary N) is 1. The zero-order valence-electron chi connectivity index (χ0n) is 22.4. The third-order valence-corrected chi connectivity index (χ3v) is 7.35. The predicted molar refractivity (Wildman–Crippen MR) is 149 cm³/mol. The third kappa shape index (κ3) is 5.05. The highest BCUT2D eigenvalue weighted by Crippen LogP contribution is 2.39. The van der Waals surface area contributed by atoms with Gasteiger partial charge in [0.25, 0.3) is 23.6 Å². The Labute approximate surface area is 231 Å². The minimum atomic E-state index is -0.356. The largest absolute Gasteiger partial charge is 0.496 e. The fourth-order valence-corrected chi connectivity index (χ4v) is 5.21. The van der Waals surface area contributed by atoms with Gasteiger partial charge in [0, 0.05) is 67.6 Å². The molecule has 10 heteroatoms. The molecule has 2 heterocycles. The van der Waals surface area contributed by atoms with Gasteiger partial charge in [0.05, 0.1) is 12.7 Å². The maximum absolute atomic E-state index is 13.7. The number of hydrogen-bond donors (Lipinski definition) is 1. The number of benzene rings is 3. The molecule has 2 aliphatic heterocycles. The van der Waals surface area contributed by atoms with Crippen LogP contribution in [0.5, 0.6) is 5.75 Å². The molecule has 3 aromatic carbocycles. The summed E-state index contributed by atoms with van der Waals surface area (Å²) in [5.41, 5.74) is 0.976. The van der Waals surface area contributed by atoms with Crippen LogP contribution in [0.4, 0.5) is 0 Å². The Morgan fingerprint density at radius 2 is 1.65 bits per heavy atom. The first kappa shape index (κ1) is 27.0. The Hall–Kier alpha value is -4.57. The molecule has 5 rings (SSSR count). The smallest absolute Gasteiger partial charge is 0.262 e. The van der Waals surface area contributed by atoms with Crippen LogP contribution in [0.2, 0.25) is 0 Å². The number of amides is 5. The first-order valence-corrected chi connectivity index (χ1v) is 13.2. The first-order chi connectivity index (χ1) is 19.3. The quantitative estimate of drug-likeness (QED) is 0.292. The summed E-state index contributed by atoms with van der Waals surface area (Å²) in [5.74, 6) is -0.950. The number of ether oxygens (including phenoxy) is 1. The molecule has 0 aliphatic carbocycles. The molecule has 40 heavy (non-hydrogen) atoms. The average Bonchev–Trinajstić information content (AvgIpc) is 3.27. The van der Waals surface area contributed by atoms with Crippen molar-refractivity contribution in [3.63, 3.8) is 0 Å². The molecule has 5 amide bonds. The molecule has 0 fully saturated rings. The fourth-order valence-electron chi connectivity index (χ4n) is 5.21. The summed E-state index contributed by atoms with van der Waals surface area (Å²) < 4.78 is 5.53. The van der Waals surface area contributed by atoms with Gasteiger partial charge in [-0.3, -0.25) is 33.8 Å². The van der Waals surface area contributed by atoms with Crippen molar-refractivity contribution in [2.45, 2.75) is 12.8 Å². The SMILES string of the molecule is COc1ccc2c3c(c4ccccc4cc13)C(=O)N(CCN(C)CCNC(=O)CCCN1C(=O)C=CC1=O)C2=O. The molecule has 0 saturated carbocycles. The lowest BCUT2D eigenvalue weighted by Gasteiger charge is -2.30. The van der Waals surface area contributed by atoms with Gasteiger partial charge in [0.1, 0.15) is 5.75 Å². The molecule has 3 aromatic rings. The summed E-state index contributed by atoms with van der Waals surface area (Å²) in [6.07, 6.45) is 3.03. The summed E-state index contributed by atoms with van der Waals surface area (Å²) in [6.45, 7) is 1.73. The molecular formula is C30H30N4O6. The van der Waals surface area contributed by atoms with Gasteiger partial charge < -0.3 is 15.0 Å². The number of carbonyl (C=O) groups is 5. The topological polar surface area (TPSA) is 116 Å². The lowest BCUT2D eigenvalue weighted by atomic mass is 9.89. The van der Waals surface area contributed by atoms with Crippen LogP contribution in [0.15, 0.2) is 54.6 Å². The van der Waals surface area contributed by atoms with E-state index in [0.29, 0.717) is 48.3 Å². The lowest BCUT2D eigenvalue weighted by Crippen LogP contribution is -2.45. The second-order valence-corrected chi connectivity index (χ2v) is 9.89. The molecule has 0 bridgehead atoms. The highest BCUT2D eigenvalue weighted by Gasteiger charge is 2.35. The lowest BCUT2D eigenvalue weighted by molar-refractivity contribution is -0.137. The monoisotopic (exact) mass is 542 g/mol. The van der Waals surface area contributed by atoms with Crippen molar-refractivity contribution in [1.82, 2.24) is 20.0 Å². The number of likely N-dealkylation sites (N-methyl/N-ethyl adjacent to an activating group) is 1. The Morgan fingerprint density at radius 1 is 0.900 bits per heavy atom. The van der Waals surface area contributed by atoms with Crippen molar-refractivity contribution < 1.29 is 28.7 Å². The molecule has 0 aromatic heterocycles. The van der Waals surface area contributed by atoms with Gasteiger partial charge in [-0.25, -0.2) is 0 Å². The van der Waals surface area contributed by atoms with Crippen LogP contribution in [0, 0.1) is 0 Å². The Balaban J connectivity index is 1.18. The van der Waals surface area contributed by atoms with Crippen molar-refractivity contribution in [2.24, 2.45) is 0 Å². The van der Waals surface area contributed by atoms with Crippen molar-refractivity contribution in [1.29, 1.82) is 0 Å². The van der Waals surface area contributed by atoms with E-state index in [9.17, 15) is 24.0 Å². The van der Waals surface area contributed by atoms with Crippen LogP contribution in [-0.2, 0) is 14.4 Å². The molecule has 0 atom stereocenters. The van der Waals surface area contributed by atoms with Gasteiger partial charge in [-0.1, -0.05) is 24.3 Å². The number of hydrogen-bond acceptors (Lipinski definition) is 7. The standard InChI is InChI=1S/C30H30N4O6/c1-32(15-13-31-24(35)8-5-14-33-25(36)11-12-26(33)37)16-17-34-29(38)21-9-10-23(40-2)22-18-19-6-3-4-7-20(19)28(27(21)22)30(34)39/h3-4,6-7,9-12,18H,5,8,13-17H2,1-2H3,(H,31,35). The molecule has 10 nitrogen and oxygen atoms in total. The highest BCUT2D eigenvalue weighted by atomic mass is 16.5. The maximum Gasteiger partial charge on any atom is 0.262 e. The van der Waals surface area contributed by atoms with Gasteiger partial charge in [-0.05, 0) is 42.4 Å². The minimum absolute atomic E-state index is 0.172. The average molecular weight is 543 g/mol. The Kier molecular flexibility index (Phi) is 7.61. The van der Waals surface area contributed by atoms with Gasteiger partial charge in [-0.2, -0.15) is 0 Å². The summed E-state index contributed by atoms with van der Waals surface area (Å²) in [4.78, 5) is 66.8. The van der Waals surface area contributed by atoms with Crippen LogP contribution in [0.25, 0.3) is 21.5 Å². The van der Waals surface area contributed by atoms with Gasteiger partial charge >= 0.3 is 0 Å². The van der Waals surface area contributed by atoms with Crippen molar-refractivity contribution in [3.8, 4) is 5.75 Å². The van der Waals surface area contributed by atoms with E-state index in [1.807, 2.05) is 42.3 Å². The zero-order chi connectivity index (χ0) is 28.4. The fraction of sp³-hybridized carbons (Fsp3) is 0.300. The first-order valence-electron chi connectivity index (χ1n) is 13.2. The van der Waals surface area contributed by atoms with Crippen LogP contribution >= 0.6 is 0 Å². The second kappa shape index (κ2) is 11.3. The summed E-state index contributed by atoms with van der Waals surface area (Å²) >= 11 is 0. The summed E-state index contributed by atoms with van der Waals surface area (Å²) in [7, 11) is 3.43. The predicted octanol–water partition coefficient (Wildman–Crippen LogP) is 2.35. The van der Waals surface area contributed by atoms with E-state index in [4.69, 9.17) is 4.74 Å². The molecule has 0 radical (unpaired) electrons. The van der Waals surface area contributed by atoms with E-state index in [0.717, 1.165) is 21.1 Å². The normalized spacial score (nSPS) is 14.8. The maximum atomic E-state index is 13.7. The zero-order valence-corrected chi connectivity index (χ0v) is 22.4. The van der Waals surface area contributed by atoms with Crippen molar-refractivity contribution >= 4 is 51.1 Å². The summed E-state index contributed by atoms with van der Waals surface area (Å²) in [6, 6.07) is 13.1. The van der Waals surface area contributed by atoms with E-state index < -0.39 is 0 Å². The molecule has 1 N–H and O–H groups in total. The van der Waals surface area contributed by atoms with E-state index >= 15 is 0 Å². The highest BCUT2D eigenvalue weighted by molar-refractivity contribution is 6.31. The molecule has 2 aliphatic rings. The van der Waals surface area contributed by atoms with Gasteiger partial charge in [0.2, 0.25) is 5.91 Å². The number of rotatable bonds is 11. The number of carbonyl (C=O) groups excluding carboxylic acids is 5. The van der Waals surface area contributed by atoms with E-state index in [2.05, 4.69) is 5.32 Å². The second-order valence-electron chi connectivity index (χ2n) is 9.89. The molecule has 0 spiro atoms. The van der Waals surface area contributed by atoms with Crippen LogP contribution < -0.4 is 10.1 Å². The van der Waals surface area contributed by atoms with Crippen LogP contribution in [0.3, 0.4) is 0 Å². The number of methoxy groups -OCH3 is 1. The van der Waals surface area contributed by atoms with E-state index in [-0.39, 0.29) is 49.0 Å². The van der Waals surface area contributed by atoms with E-state index in [1.165, 1.54) is 17.1 Å². The van der Waals surface area contributed by atoms with Crippen molar-refractivity contribution in [3.05, 3.63) is 65.7 Å².